The number of nitrogens with one attached hydrogen (secondary N) is 2. The Balaban J connectivity index is 1.49. The summed E-state index contributed by atoms with van der Waals surface area (Å²) < 4.78 is 5.71. The van der Waals surface area contributed by atoms with E-state index in [1.165, 1.54) is 6.92 Å². The lowest BCUT2D eigenvalue weighted by atomic mass is 10.1. The predicted molar refractivity (Wildman–Crippen MR) is 114 cm³/mol. The predicted octanol–water partition coefficient (Wildman–Crippen LogP) is 3.18. The molecule has 6 nitrogen and oxygen atoms in total. The molecule has 2 amide bonds. The van der Waals surface area contributed by atoms with E-state index in [4.69, 9.17) is 4.74 Å². The molecular weight excluding hydrogens is 366 g/mol. The number of nitrogens with zero attached hydrogens (tertiary/aromatic N) is 1. The number of hydrogen-bond donors (Lipinski definition) is 2. The number of ether oxygens (including phenoxy) is 1. The van der Waals surface area contributed by atoms with Gasteiger partial charge in [-0.1, -0.05) is 24.3 Å². The smallest absolute Gasteiger partial charge is 0.254 e. The van der Waals surface area contributed by atoms with Crippen molar-refractivity contribution in [1.29, 1.82) is 0 Å². The molecule has 154 valence electrons. The lowest BCUT2D eigenvalue weighted by Crippen LogP contribution is -2.48. The van der Waals surface area contributed by atoms with E-state index in [-0.39, 0.29) is 24.0 Å². The molecule has 2 unspecified atom stereocenters. The van der Waals surface area contributed by atoms with Crippen molar-refractivity contribution in [3.05, 3.63) is 65.2 Å². The van der Waals surface area contributed by atoms with Gasteiger partial charge in [0.15, 0.2) is 0 Å². The molecule has 1 heterocycles. The number of carbonyl (C=O) groups is 2. The largest absolute Gasteiger partial charge is 0.372 e. The van der Waals surface area contributed by atoms with Gasteiger partial charge in [-0.3, -0.25) is 9.59 Å². The summed E-state index contributed by atoms with van der Waals surface area (Å²) >= 11 is 0. The zero-order valence-electron chi connectivity index (χ0n) is 17.3. The number of anilines is 1. The molecule has 1 aliphatic rings. The van der Waals surface area contributed by atoms with Crippen LogP contribution in [0.3, 0.4) is 0 Å². The topological polar surface area (TPSA) is 70.7 Å². The number of carbonyl (C=O) groups excluding carboxylic acids is 2. The van der Waals surface area contributed by atoms with E-state index in [1.54, 1.807) is 0 Å². The zero-order valence-corrected chi connectivity index (χ0v) is 17.3. The van der Waals surface area contributed by atoms with E-state index < -0.39 is 0 Å². The first-order chi connectivity index (χ1) is 13.9. The molecule has 1 saturated heterocycles. The fourth-order valence-electron chi connectivity index (χ4n) is 3.55. The molecular formula is C23H29N3O3. The molecule has 0 spiro atoms. The van der Waals surface area contributed by atoms with Crippen LogP contribution in [-0.2, 0) is 22.6 Å². The fourth-order valence-corrected chi connectivity index (χ4v) is 3.55. The first-order valence-corrected chi connectivity index (χ1v) is 10.0. The summed E-state index contributed by atoms with van der Waals surface area (Å²) in [6.45, 7) is 8.20. The third-order valence-electron chi connectivity index (χ3n) is 4.84. The van der Waals surface area contributed by atoms with E-state index in [1.807, 2.05) is 67.3 Å². The maximum atomic E-state index is 12.7. The lowest BCUT2D eigenvalue weighted by Gasteiger charge is -2.35. The Bertz CT molecular complexity index is 823. The van der Waals surface area contributed by atoms with Crippen molar-refractivity contribution < 1.29 is 14.3 Å². The van der Waals surface area contributed by atoms with Crippen molar-refractivity contribution >= 4 is 17.5 Å². The first kappa shape index (κ1) is 21.0. The fraction of sp³-hybridized carbons (Fsp3) is 0.391. The molecule has 0 aliphatic carbocycles. The molecule has 1 fully saturated rings. The SMILES string of the molecule is CC(=O)Nc1ccc(CNCc2ccc(C(=O)N3CC(C)OC(C)C3)cc2)cc1. The second-order valence-corrected chi connectivity index (χ2v) is 7.65. The molecule has 1 aliphatic heterocycles. The molecule has 3 rings (SSSR count). The highest BCUT2D eigenvalue weighted by Crippen LogP contribution is 2.15. The van der Waals surface area contributed by atoms with Gasteiger partial charge in [0.25, 0.3) is 5.91 Å². The third kappa shape index (κ3) is 6.14. The van der Waals surface area contributed by atoms with Crippen LogP contribution < -0.4 is 10.6 Å². The number of amides is 2. The Hall–Kier alpha value is -2.70. The molecule has 2 N–H and O–H groups in total. The number of benzene rings is 2. The highest BCUT2D eigenvalue weighted by molar-refractivity contribution is 5.94. The molecule has 0 aromatic heterocycles. The Morgan fingerprint density at radius 2 is 1.45 bits per heavy atom. The molecule has 2 aromatic carbocycles. The van der Waals surface area contributed by atoms with Crippen LogP contribution in [0.2, 0.25) is 0 Å². The average Bonchev–Trinajstić information content (AvgIpc) is 2.68. The third-order valence-corrected chi connectivity index (χ3v) is 4.84. The second kappa shape index (κ2) is 9.67. The summed E-state index contributed by atoms with van der Waals surface area (Å²) in [7, 11) is 0. The van der Waals surface area contributed by atoms with Gasteiger partial charge < -0.3 is 20.3 Å². The van der Waals surface area contributed by atoms with Gasteiger partial charge in [0.1, 0.15) is 0 Å². The number of hydrogen-bond acceptors (Lipinski definition) is 4. The lowest BCUT2D eigenvalue weighted by molar-refractivity contribution is -0.114. The van der Waals surface area contributed by atoms with Gasteiger partial charge in [-0.25, -0.2) is 0 Å². The summed E-state index contributed by atoms with van der Waals surface area (Å²) in [6.07, 6.45) is 0.136. The van der Waals surface area contributed by atoms with Crippen molar-refractivity contribution in [3.8, 4) is 0 Å². The van der Waals surface area contributed by atoms with Gasteiger partial charge >= 0.3 is 0 Å². The maximum absolute atomic E-state index is 12.7. The number of morpholine rings is 1. The van der Waals surface area contributed by atoms with Gasteiger partial charge in [0.05, 0.1) is 12.2 Å². The van der Waals surface area contributed by atoms with Gasteiger partial charge in [0.2, 0.25) is 5.91 Å². The van der Waals surface area contributed by atoms with Crippen molar-refractivity contribution in [1.82, 2.24) is 10.2 Å². The molecule has 2 atom stereocenters. The van der Waals surface area contributed by atoms with E-state index in [0.29, 0.717) is 25.2 Å². The zero-order chi connectivity index (χ0) is 20.8. The molecule has 29 heavy (non-hydrogen) atoms. The Morgan fingerprint density at radius 1 is 0.931 bits per heavy atom. The summed E-state index contributed by atoms with van der Waals surface area (Å²) in [6, 6.07) is 15.5. The van der Waals surface area contributed by atoms with E-state index in [0.717, 1.165) is 23.4 Å². The minimum atomic E-state index is -0.0737. The van der Waals surface area contributed by atoms with Crippen molar-refractivity contribution in [2.45, 2.75) is 46.1 Å². The van der Waals surface area contributed by atoms with E-state index >= 15 is 0 Å². The molecule has 6 heteroatoms. The normalized spacial score (nSPS) is 19.1. The van der Waals surface area contributed by atoms with Crippen LogP contribution in [-0.4, -0.2) is 42.0 Å². The monoisotopic (exact) mass is 395 g/mol. The quantitative estimate of drug-likeness (QED) is 0.788. The summed E-state index contributed by atoms with van der Waals surface area (Å²) in [5.41, 5.74) is 3.77. The number of rotatable bonds is 6. The van der Waals surface area contributed by atoms with E-state index in [9.17, 15) is 9.59 Å². The van der Waals surface area contributed by atoms with Crippen LogP contribution in [0.4, 0.5) is 5.69 Å². The molecule has 0 saturated carbocycles. The second-order valence-electron chi connectivity index (χ2n) is 7.65. The first-order valence-electron chi connectivity index (χ1n) is 10.0. The van der Waals surface area contributed by atoms with Crippen LogP contribution in [0.15, 0.2) is 48.5 Å². The summed E-state index contributed by atoms with van der Waals surface area (Å²) in [5.74, 6) is -0.0128. The van der Waals surface area contributed by atoms with Gasteiger partial charge in [-0.15, -0.1) is 0 Å². The minimum Gasteiger partial charge on any atom is -0.372 e. The van der Waals surface area contributed by atoms with Crippen LogP contribution in [0, 0.1) is 0 Å². The van der Waals surface area contributed by atoms with Crippen molar-refractivity contribution in [2.24, 2.45) is 0 Å². The highest BCUT2D eigenvalue weighted by Gasteiger charge is 2.26. The van der Waals surface area contributed by atoms with Gasteiger partial charge in [0, 0.05) is 44.4 Å². The van der Waals surface area contributed by atoms with Crippen molar-refractivity contribution in [3.63, 3.8) is 0 Å². The van der Waals surface area contributed by atoms with Gasteiger partial charge in [-0.05, 0) is 49.2 Å². The van der Waals surface area contributed by atoms with Crippen LogP contribution in [0.25, 0.3) is 0 Å². The van der Waals surface area contributed by atoms with E-state index in [2.05, 4.69) is 10.6 Å². The maximum Gasteiger partial charge on any atom is 0.254 e. The van der Waals surface area contributed by atoms with Crippen LogP contribution in [0.1, 0.15) is 42.3 Å². The Kier molecular flexibility index (Phi) is 7.01. The van der Waals surface area contributed by atoms with Gasteiger partial charge in [-0.2, -0.15) is 0 Å². The molecule has 2 aromatic rings. The molecule has 0 bridgehead atoms. The van der Waals surface area contributed by atoms with Crippen LogP contribution in [0.5, 0.6) is 0 Å². The Labute approximate surface area is 172 Å². The summed E-state index contributed by atoms with van der Waals surface area (Å²) in [5, 5.41) is 6.16. The summed E-state index contributed by atoms with van der Waals surface area (Å²) in [4.78, 5) is 25.7. The Morgan fingerprint density at radius 3 is 1.97 bits per heavy atom. The minimum absolute atomic E-state index is 0.0609. The van der Waals surface area contributed by atoms with Crippen LogP contribution >= 0.6 is 0 Å². The highest BCUT2D eigenvalue weighted by atomic mass is 16.5. The molecule has 0 radical (unpaired) electrons. The van der Waals surface area contributed by atoms with Crippen molar-refractivity contribution in [2.75, 3.05) is 18.4 Å². The average molecular weight is 396 g/mol. The standard InChI is InChI=1S/C23H29N3O3/c1-16-14-26(15-17(2)29-16)23(28)21-8-4-19(5-9-21)12-24-13-20-6-10-22(11-7-20)25-18(3)27/h4-11,16-17,24H,12-15H2,1-3H3,(H,25,27).